The molecule has 0 aromatic heterocycles. The minimum Gasteiger partial charge on any atom is -0.206 e. The maximum absolute atomic E-state index is 12.9. The molecule has 0 fully saturated rings. The molecule has 60 valence electrons. The van der Waals surface area contributed by atoms with Crippen molar-refractivity contribution in [1.82, 2.24) is 0 Å². The Morgan fingerprint density at radius 2 is 2.18 bits per heavy atom. The first-order chi connectivity index (χ1) is 5.15. The second-order valence-electron chi connectivity index (χ2n) is 2.01. The largest absolute Gasteiger partial charge is 0.206 e. The molecule has 0 aliphatic heterocycles. The van der Waals surface area contributed by atoms with Crippen LogP contribution in [0.2, 0.25) is 0 Å². The van der Waals surface area contributed by atoms with Gasteiger partial charge in [-0.05, 0) is 39.6 Å². The number of benzene rings is 1. The quantitative estimate of drug-likeness (QED) is 0.547. The zero-order valence-electron chi connectivity index (χ0n) is 5.90. The van der Waals surface area contributed by atoms with E-state index in [4.69, 9.17) is 0 Å². The molecule has 1 unspecified atom stereocenters. The Morgan fingerprint density at radius 3 is 2.73 bits per heavy atom. The fourth-order valence-electron chi connectivity index (χ4n) is 0.721. The Balaban J connectivity index is 3.21. The van der Waals surface area contributed by atoms with E-state index in [1.165, 1.54) is 17.8 Å². The molecule has 0 radical (unpaired) electrons. The van der Waals surface area contributed by atoms with E-state index >= 15 is 0 Å². The summed E-state index contributed by atoms with van der Waals surface area (Å²) in [7, 11) is 2.57. The first kappa shape index (κ1) is 9.50. The predicted octanol–water partition coefficient (Wildman–Crippen LogP) is 2.81. The second kappa shape index (κ2) is 3.88. The van der Waals surface area contributed by atoms with Crippen LogP contribution in [0.15, 0.2) is 21.5 Å². The van der Waals surface area contributed by atoms with Crippen LogP contribution in [0.4, 0.5) is 4.39 Å². The number of rotatable bonds is 1. The highest BCUT2D eigenvalue weighted by molar-refractivity contribution is 9.10. The number of thioether (sulfide) groups is 1. The van der Waals surface area contributed by atoms with Crippen LogP contribution < -0.4 is 5.30 Å². The van der Waals surface area contributed by atoms with E-state index < -0.39 is 0 Å². The summed E-state index contributed by atoms with van der Waals surface area (Å²) >= 11 is 4.65. The first-order valence-corrected chi connectivity index (χ1v) is 5.53. The number of halogens is 2. The molecule has 11 heavy (non-hydrogen) atoms. The summed E-state index contributed by atoms with van der Waals surface area (Å²) in [6, 6.07) is 3.28. The molecule has 0 amide bonds. The van der Waals surface area contributed by atoms with Gasteiger partial charge in [0, 0.05) is 4.90 Å². The predicted molar refractivity (Wildman–Crippen MR) is 55.2 cm³/mol. The van der Waals surface area contributed by atoms with Crippen molar-refractivity contribution in [1.29, 1.82) is 0 Å². The molecule has 0 aliphatic rings. The van der Waals surface area contributed by atoms with Crippen LogP contribution in [0.3, 0.4) is 0 Å². The van der Waals surface area contributed by atoms with E-state index in [2.05, 4.69) is 25.2 Å². The van der Waals surface area contributed by atoms with Crippen molar-refractivity contribution in [3.05, 3.63) is 22.4 Å². The normalized spacial score (nSPS) is 10.2. The van der Waals surface area contributed by atoms with E-state index in [0.717, 1.165) is 10.2 Å². The van der Waals surface area contributed by atoms with Crippen molar-refractivity contribution in [2.75, 3.05) is 6.26 Å². The summed E-state index contributed by atoms with van der Waals surface area (Å²) in [6.07, 6.45) is 1.93. The molecule has 0 heterocycles. The third-order valence-electron chi connectivity index (χ3n) is 1.27. The molecular weight excluding hydrogens is 246 g/mol. The van der Waals surface area contributed by atoms with Crippen molar-refractivity contribution in [3.8, 4) is 0 Å². The average Bonchev–Trinajstić information content (AvgIpc) is 1.97. The standard InChI is InChI=1S/C7H7BrFPS/c1-11-7-3-5(9)4(8)2-6(7)10/h2-3H,10H2,1H3. The molecule has 0 spiro atoms. The van der Waals surface area contributed by atoms with Gasteiger partial charge in [-0.25, -0.2) is 4.39 Å². The molecule has 0 saturated heterocycles. The lowest BCUT2D eigenvalue weighted by molar-refractivity contribution is 0.618. The minimum absolute atomic E-state index is 0.208. The molecular formula is C7H7BrFPS. The molecule has 4 heteroatoms. The van der Waals surface area contributed by atoms with Crippen LogP contribution in [0.1, 0.15) is 0 Å². The van der Waals surface area contributed by atoms with Crippen LogP contribution >= 0.6 is 36.9 Å². The van der Waals surface area contributed by atoms with Gasteiger partial charge in [0.1, 0.15) is 5.82 Å². The van der Waals surface area contributed by atoms with Crippen molar-refractivity contribution in [2.24, 2.45) is 0 Å². The zero-order chi connectivity index (χ0) is 8.43. The Bertz CT molecular complexity index is 277. The molecule has 0 bridgehead atoms. The SMILES string of the molecule is CSc1cc(F)c(Br)cc1P. The van der Waals surface area contributed by atoms with E-state index in [1.54, 1.807) is 6.07 Å². The summed E-state index contributed by atoms with van der Waals surface area (Å²) in [5, 5.41) is 1.02. The first-order valence-electron chi connectivity index (χ1n) is 2.93. The van der Waals surface area contributed by atoms with Gasteiger partial charge in [0.25, 0.3) is 0 Å². The molecule has 0 aliphatic carbocycles. The third kappa shape index (κ3) is 2.17. The molecule has 0 saturated carbocycles. The Hall–Kier alpha value is 0.410. The topological polar surface area (TPSA) is 0 Å². The van der Waals surface area contributed by atoms with Gasteiger partial charge in [-0.15, -0.1) is 21.0 Å². The van der Waals surface area contributed by atoms with Crippen LogP contribution in [-0.2, 0) is 0 Å². The lowest BCUT2D eigenvalue weighted by atomic mass is 10.3. The van der Waals surface area contributed by atoms with Gasteiger partial charge < -0.3 is 0 Å². The maximum atomic E-state index is 12.9. The molecule has 0 N–H and O–H groups in total. The maximum Gasteiger partial charge on any atom is 0.138 e. The number of hydrogen-bond donors (Lipinski definition) is 0. The Kier molecular flexibility index (Phi) is 3.35. The second-order valence-corrected chi connectivity index (χ2v) is 4.33. The summed E-state index contributed by atoms with van der Waals surface area (Å²) in [5.41, 5.74) is 0. The van der Waals surface area contributed by atoms with Crippen molar-refractivity contribution >= 4 is 42.2 Å². The van der Waals surface area contributed by atoms with Crippen LogP contribution in [0.25, 0.3) is 0 Å². The monoisotopic (exact) mass is 252 g/mol. The van der Waals surface area contributed by atoms with Crippen LogP contribution in [-0.4, -0.2) is 6.26 Å². The Morgan fingerprint density at radius 1 is 1.55 bits per heavy atom. The summed E-state index contributed by atoms with van der Waals surface area (Å²) in [4.78, 5) is 0.954. The zero-order valence-corrected chi connectivity index (χ0v) is 9.45. The molecule has 0 nitrogen and oxygen atoms in total. The van der Waals surface area contributed by atoms with E-state index in [0.29, 0.717) is 4.47 Å². The average molecular weight is 253 g/mol. The van der Waals surface area contributed by atoms with Gasteiger partial charge in [0.15, 0.2) is 0 Å². The third-order valence-corrected chi connectivity index (χ3v) is 3.36. The van der Waals surface area contributed by atoms with E-state index in [9.17, 15) is 4.39 Å². The van der Waals surface area contributed by atoms with Gasteiger partial charge in [-0.3, -0.25) is 0 Å². The van der Waals surface area contributed by atoms with Crippen molar-refractivity contribution in [2.45, 2.75) is 4.90 Å². The van der Waals surface area contributed by atoms with Gasteiger partial charge in [0.2, 0.25) is 0 Å². The molecule has 1 aromatic rings. The highest BCUT2D eigenvalue weighted by atomic mass is 79.9. The van der Waals surface area contributed by atoms with Crippen molar-refractivity contribution < 1.29 is 4.39 Å². The number of hydrogen-bond acceptors (Lipinski definition) is 1. The van der Waals surface area contributed by atoms with Gasteiger partial charge in [-0.2, -0.15) is 0 Å². The molecule has 1 aromatic carbocycles. The lowest BCUT2D eigenvalue weighted by Gasteiger charge is -2.02. The van der Waals surface area contributed by atoms with E-state index in [1.807, 2.05) is 6.26 Å². The smallest absolute Gasteiger partial charge is 0.138 e. The summed E-state index contributed by atoms with van der Waals surface area (Å²) in [5.74, 6) is -0.208. The fourth-order valence-corrected chi connectivity index (χ4v) is 2.45. The minimum atomic E-state index is -0.208. The molecule has 1 rings (SSSR count). The highest BCUT2D eigenvalue weighted by Crippen LogP contribution is 2.21. The van der Waals surface area contributed by atoms with Crippen LogP contribution in [0, 0.1) is 5.82 Å². The van der Waals surface area contributed by atoms with Crippen molar-refractivity contribution in [3.63, 3.8) is 0 Å². The highest BCUT2D eigenvalue weighted by Gasteiger charge is 2.03. The van der Waals surface area contributed by atoms with Gasteiger partial charge in [0.05, 0.1) is 4.47 Å². The van der Waals surface area contributed by atoms with E-state index in [-0.39, 0.29) is 5.82 Å². The van der Waals surface area contributed by atoms with Gasteiger partial charge in [-0.1, -0.05) is 0 Å². The fraction of sp³-hybridized carbons (Fsp3) is 0.143. The summed E-state index contributed by atoms with van der Waals surface area (Å²) < 4.78 is 13.4. The lowest BCUT2D eigenvalue weighted by Crippen LogP contribution is -1.96. The molecule has 1 atom stereocenters. The van der Waals surface area contributed by atoms with Gasteiger partial charge >= 0.3 is 0 Å². The Labute approximate surface area is 80.3 Å². The summed E-state index contributed by atoms with van der Waals surface area (Å²) in [6.45, 7) is 0. The van der Waals surface area contributed by atoms with Crippen LogP contribution in [0.5, 0.6) is 0 Å².